The van der Waals surface area contributed by atoms with Crippen LogP contribution >= 0.6 is 11.3 Å². The van der Waals surface area contributed by atoms with Crippen molar-refractivity contribution in [2.75, 3.05) is 4.90 Å². The number of amides is 1. The lowest BCUT2D eigenvalue weighted by molar-refractivity contribution is -0.132. The Balaban J connectivity index is 1.67. The summed E-state index contributed by atoms with van der Waals surface area (Å²) in [7, 11) is 0. The van der Waals surface area contributed by atoms with Gasteiger partial charge in [-0.25, -0.2) is 0 Å². The molecule has 170 valence electrons. The van der Waals surface area contributed by atoms with Crippen molar-refractivity contribution in [1.82, 2.24) is 0 Å². The molecule has 1 atom stereocenters. The maximum absolute atomic E-state index is 13.4. The smallest absolute Gasteiger partial charge is 0.300 e. The molecule has 4 aromatic rings. The third-order valence-electron chi connectivity index (χ3n) is 5.78. The van der Waals surface area contributed by atoms with Crippen molar-refractivity contribution in [2.24, 2.45) is 0 Å². The number of fused-ring (bicyclic) bond motifs is 1. The first-order chi connectivity index (χ1) is 16.5. The molecule has 6 heteroatoms. The Labute approximate surface area is 201 Å². The molecule has 3 aromatic carbocycles. The van der Waals surface area contributed by atoms with E-state index in [9.17, 15) is 14.7 Å². The lowest BCUT2D eigenvalue weighted by Crippen LogP contribution is -2.29. The van der Waals surface area contributed by atoms with E-state index in [0.29, 0.717) is 17.0 Å². The molecule has 1 amide bonds. The van der Waals surface area contributed by atoms with Crippen molar-refractivity contribution in [1.29, 1.82) is 0 Å². The molecule has 1 fully saturated rings. The van der Waals surface area contributed by atoms with Gasteiger partial charge in [0.25, 0.3) is 11.7 Å². The standard InChI is InChI=1S/C28H23NO4S/c1-17(2)33-20-14-12-19(13-15-20)26(30)24-25(23-11-6-16-34-23)29(28(32)27(24)31)22-10-5-8-18-7-3-4-9-21(18)22/h3-17,25,30H,1-2H3/b26-24-. The molecule has 1 N–H and O–H groups in total. The van der Waals surface area contributed by atoms with Gasteiger partial charge in [-0.3, -0.25) is 14.5 Å². The first-order valence-corrected chi connectivity index (χ1v) is 11.9. The third kappa shape index (κ3) is 3.76. The fourth-order valence-corrected chi connectivity index (χ4v) is 5.16. The van der Waals surface area contributed by atoms with E-state index in [0.717, 1.165) is 15.6 Å². The summed E-state index contributed by atoms with van der Waals surface area (Å²) in [4.78, 5) is 29.0. The number of thiophene rings is 1. The molecule has 1 aliphatic heterocycles. The first kappa shape index (κ1) is 21.9. The Morgan fingerprint density at radius 1 is 0.941 bits per heavy atom. The highest BCUT2D eigenvalue weighted by Gasteiger charge is 2.47. The number of Topliss-reactive ketones (excluding diaryl/α,β-unsaturated/α-hetero) is 1. The van der Waals surface area contributed by atoms with Crippen molar-refractivity contribution in [2.45, 2.75) is 26.0 Å². The fraction of sp³-hybridized carbons (Fsp3) is 0.143. The lowest BCUT2D eigenvalue weighted by atomic mass is 9.99. The zero-order valence-electron chi connectivity index (χ0n) is 18.8. The second-order valence-corrected chi connectivity index (χ2v) is 9.35. The van der Waals surface area contributed by atoms with Gasteiger partial charge in [0.2, 0.25) is 0 Å². The number of nitrogens with zero attached hydrogens (tertiary/aromatic N) is 1. The molecular weight excluding hydrogens is 446 g/mol. The van der Waals surface area contributed by atoms with E-state index in [4.69, 9.17) is 4.74 Å². The number of carbonyl (C=O) groups excluding carboxylic acids is 2. The van der Waals surface area contributed by atoms with Crippen LogP contribution in [-0.4, -0.2) is 22.9 Å². The van der Waals surface area contributed by atoms with Gasteiger partial charge in [-0.1, -0.05) is 42.5 Å². The van der Waals surface area contributed by atoms with Crippen molar-refractivity contribution in [3.63, 3.8) is 0 Å². The summed E-state index contributed by atoms with van der Waals surface area (Å²) >= 11 is 1.44. The van der Waals surface area contributed by atoms with Gasteiger partial charge >= 0.3 is 0 Å². The van der Waals surface area contributed by atoms with Gasteiger partial charge in [0.05, 0.1) is 17.4 Å². The highest BCUT2D eigenvalue weighted by atomic mass is 32.1. The molecule has 5 rings (SSSR count). The predicted octanol–water partition coefficient (Wildman–Crippen LogP) is 6.31. The topological polar surface area (TPSA) is 66.8 Å². The van der Waals surface area contributed by atoms with Crippen LogP contribution in [0.5, 0.6) is 5.75 Å². The summed E-state index contributed by atoms with van der Waals surface area (Å²) in [6.07, 6.45) is 0.0179. The minimum Gasteiger partial charge on any atom is -0.507 e. The quantitative estimate of drug-likeness (QED) is 0.211. The Morgan fingerprint density at radius 2 is 1.68 bits per heavy atom. The minimum atomic E-state index is -0.725. The van der Waals surface area contributed by atoms with Gasteiger partial charge in [-0.05, 0) is 61.0 Å². The second-order valence-electron chi connectivity index (χ2n) is 8.37. The number of carbonyl (C=O) groups is 2. The molecular formula is C28H23NO4S. The Morgan fingerprint density at radius 3 is 2.38 bits per heavy atom. The largest absolute Gasteiger partial charge is 0.507 e. The molecule has 0 radical (unpaired) electrons. The molecule has 0 aliphatic carbocycles. The molecule has 2 heterocycles. The number of aliphatic hydroxyl groups is 1. The average Bonchev–Trinajstić information content (AvgIpc) is 3.45. The molecule has 34 heavy (non-hydrogen) atoms. The molecule has 5 nitrogen and oxygen atoms in total. The average molecular weight is 470 g/mol. The predicted molar refractivity (Wildman–Crippen MR) is 135 cm³/mol. The normalized spacial score (nSPS) is 17.6. The molecule has 1 unspecified atom stereocenters. The summed E-state index contributed by atoms with van der Waals surface area (Å²) in [6, 6.07) is 23.3. The molecule has 1 aliphatic rings. The van der Waals surface area contributed by atoms with Crippen molar-refractivity contribution < 1.29 is 19.4 Å². The third-order valence-corrected chi connectivity index (χ3v) is 6.71. The number of aliphatic hydroxyl groups excluding tert-OH is 1. The molecule has 0 saturated carbocycles. The van der Waals surface area contributed by atoms with E-state index >= 15 is 0 Å². The second kappa shape index (κ2) is 8.80. The van der Waals surface area contributed by atoms with Crippen molar-refractivity contribution in [3.05, 3.63) is 100 Å². The number of hydrogen-bond donors (Lipinski definition) is 1. The van der Waals surface area contributed by atoms with E-state index in [1.807, 2.05) is 73.8 Å². The van der Waals surface area contributed by atoms with Crippen LogP contribution < -0.4 is 9.64 Å². The minimum absolute atomic E-state index is 0.0179. The maximum atomic E-state index is 13.4. The summed E-state index contributed by atoms with van der Waals surface area (Å²) in [6.45, 7) is 3.87. The number of ketones is 1. The van der Waals surface area contributed by atoms with Crippen LogP contribution in [0.3, 0.4) is 0 Å². The van der Waals surface area contributed by atoms with E-state index in [-0.39, 0.29) is 17.4 Å². The number of benzene rings is 3. The van der Waals surface area contributed by atoms with E-state index in [2.05, 4.69) is 0 Å². The highest BCUT2D eigenvalue weighted by molar-refractivity contribution is 7.10. The van der Waals surface area contributed by atoms with Gasteiger partial charge in [-0.15, -0.1) is 11.3 Å². The van der Waals surface area contributed by atoms with Gasteiger partial charge in [0.1, 0.15) is 17.6 Å². The van der Waals surface area contributed by atoms with Crippen molar-refractivity contribution >= 4 is 45.2 Å². The van der Waals surface area contributed by atoms with Gasteiger partial charge in [-0.2, -0.15) is 0 Å². The zero-order valence-corrected chi connectivity index (χ0v) is 19.6. The van der Waals surface area contributed by atoms with Crippen LogP contribution in [0.25, 0.3) is 16.5 Å². The Kier molecular flexibility index (Phi) is 5.67. The van der Waals surface area contributed by atoms with E-state index < -0.39 is 17.7 Å². The van der Waals surface area contributed by atoms with E-state index in [1.165, 1.54) is 16.2 Å². The Bertz CT molecular complexity index is 1400. The summed E-state index contributed by atoms with van der Waals surface area (Å²) < 4.78 is 5.68. The Hall–Kier alpha value is -3.90. The van der Waals surface area contributed by atoms with Crippen LogP contribution in [0.15, 0.2) is 89.8 Å². The van der Waals surface area contributed by atoms with Crippen LogP contribution in [0.2, 0.25) is 0 Å². The number of hydrogen-bond acceptors (Lipinski definition) is 5. The lowest BCUT2D eigenvalue weighted by Gasteiger charge is -2.25. The fourth-order valence-electron chi connectivity index (χ4n) is 4.33. The monoisotopic (exact) mass is 469 g/mol. The van der Waals surface area contributed by atoms with Gasteiger partial charge in [0, 0.05) is 15.8 Å². The highest BCUT2D eigenvalue weighted by Crippen LogP contribution is 2.45. The van der Waals surface area contributed by atoms with Crippen LogP contribution in [-0.2, 0) is 9.59 Å². The molecule has 1 saturated heterocycles. The maximum Gasteiger partial charge on any atom is 0.300 e. The SMILES string of the molecule is CC(C)Oc1ccc(/C(O)=C2/C(=O)C(=O)N(c3cccc4ccccc34)C2c2cccs2)cc1. The van der Waals surface area contributed by atoms with Crippen molar-refractivity contribution in [3.8, 4) is 5.75 Å². The van der Waals surface area contributed by atoms with Crippen LogP contribution in [0.1, 0.15) is 30.3 Å². The molecule has 0 spiro atoms. The summed E-state index contributed by atoms with van der Waals surface area (Å²) in [5.74, 6) is -0.893. The van der Waals surface area contributed by atoms with Crippen LogP contribution in [0.4, 0.5) is 5.69 Å². The zero-order chi connectivity index (χ0) is 23.8. The molecule has 1 aromatic heterocycles. The van der Waals surface area contributed by atoms with Gasteiger partial charge < -0.3 is 9.84 Å². The molecule has 0 bridgehead atoms. The number of anilines is 1. The number of ether oxygens (including phenoxy) is 1. The van der Waals surface area contributed by atoms with Gasteiger partial charge in [0.15, 0.2) is 0 Å². The first-order valence-electron chi connectivity index (χ1n) is 11.0. The van der Waals surface area contributed by atoms with Crippen LogP contribution in [0, 0.1) is 0 Å². The summed E-state index contributed by atoms with van der Waals surface area (Å²) in [5, 5.41) is 15.0. The van der Waals surface area contributed by atoms with E-state index in [1.54, 1.807) is 24.3 Å². The summed E-state index contributed by atoms with van der Waals surface area (Å²) in [5.41, 5.74) is 1.17. The number of rotatable bonds is 5.